The van der Waals surface area contributed by atoms with Gasteiger partial charge in [-0.2, -0.15) is 13.2 Å². The van der Waals surface area contributed by atoms with Gasteiger partial charge in [-0.1, -0.05) is 35.6 Å². The molecule has 4 rings (SSSR count). The number of nitrogens with one attached hydrogen (secondary N) is 2. The number of thiazole rings is 1. The van der Waals surface area contributed by atoms with E-state index in [1.165, 1.54) is 23.5 Å². The van der Waals surface area contributed by atoms with Gasteiger partial charge in [0.25, 0.3) is 0 Å². The number of carbonyl (C=O) groups excluding carboxylic acids is 1. The van der Waals surface area contributed by atoms with Gasteiger partial charge < -0.3 is 10.6 Å². The fourth-order valence-electron chi connectivity index (χ4n) is 3.22. The zero-order chi connectivity index (χ0) is 23.1. The van der Waals surface area contributed by atoms with Crippen molar-refractivity contribution in [1.82, 2.24) is 4.98 Å². The third kappa shape index (κ3) is 6.20. The zero-order valence-corrected chi connectivity index (χ0v) is 18.4. The minimum atomic E-state index is -4.30. The van der Waals surface area contributed by atoms with Crippen LogP contribution in [0, 0.1) is 0 Å². The highest BCUT2D eigenvalue weighted by molar-refractivity contribution is 7.18. The quantitative estimate of drug-likeness (QED) is 0.324. The van der Waals surface area contributed by atoms with Crippen LogP contribution in [-0.4, -0.2) is 17.4 Å². The lowest BCUT2D eigenvalue weighted by atomic mass is 10.1. The molecular formula is C24H24F3N3OS. The van der Waals surface area contributed by atoms with Gasteiger partial charge in [0.1, 0.15) is 0 Å². The molecule has 1 aliphatic heterocycles. The molecule has 0 fully saturated rings. The first-order chi connectivity index (χ1) is 15.3. The van der Waals surface area contributed by atoms with Crippen LogP contribution in [-0.2, 0) is 23.8 Å². The number of fused-ring (bicyclic) bond motifs is 1. The van der Waals surface area contributed by atoms with Crippen LogP contribution < -0.4 is 10.6 Å². The predicted octanol–water partition coefficient (Wildman–Crippen LogP) is 6.56. The number of nitrogens with zero attached hydrogens (tertiary/aromatic N) is 1. The van der Waals surface area contributed by atoms with Gasteiger partial charge in [-0.3, -0.25) is 4.79 Å². The van der Waals surface area contributed by atoms with Crippen molar-refractivity contribution in [1.29, 1.82) is 0 Å². The van der Waals surface area contributed by atoms with E-state index in [2.05, 4.69) is 22.2 Å². The summed E-state index contributed by atoms with van der Waals surface area (Å²) < 4.78 is 37.8. The number of amides is 1. The fraction of sp³-hybridized carbons (Fsp3) is 0.250. The third-order valence-electron chi connectivity index (χ3n) is 4.72. The van der Waals surface area contributed by atoms with E-state index >= 15 is 0 Å². The summed E-state index contributed by atoms with van der Waals surface area (Å²) in [7, 11) is 0. The molecule has 0 spiro atoms. The number of aryl methyl sites for hydroxylation is 1. The van der Waals surface area contributed by atoms with E-state index in [1.54, 1.807) is 12.3 Å². The Kier molecular flexibility index (Phi) is 7.69. The molecule has 2 aromatic carbocycles. The van der Waals surface area contributed by atoms with Crippen molar-refractivity contribution in [2.75, 3.05) is 17.2 Å². The molecule has 0 radical (unpaired) electrons. The van der Waals surface area contributed by atoms with E-state index in [-0.39, 0.29) is 5.91 Å². The van der Waals surface area contributed by atoms with Crippen LogP contribution in [0.1, 0.15) is 30.0 Å². The smallest absolute Gasteiger partial charge is 0.361 e. The van der Waals surface area contributed by atoms with Gasteiger partial charge in [0.15, 0.2) is 5.13 Å². The number of carbonyl (C=O) groups is 1. The number of hydrogen-bond acceptors (Lipinski definition) is 4. The highest BCUT2D eigenvalue weighted by atomic mass is 32.1. The largest absolute Gasteiger partial charge is 0.416 e. The van der Waals surface area contributed by atoms with Gasteiger partial charge >= 0.3 is 6.18 Å². The SMILES string of the molecule is C=CC.O=C1Cc2cc(-c3cnc(NCCCc4ccc(C(F)(F)F)cc4)s3)ccc2N1. The summed E-state index contributed by atoms with van der Waals surface area (Å²) in [5.41, 5.74) is 3.13. The molecule has 0 aliphatic carbocycles. The summed E-state index contributed by atoms with van der Waals surface area (Å²) in [5.74, 6) is 0.0110. The molecule has 0 saturated heterocycles. The first-order valence-corrected chi connectivity index (χ1v) is 11.0. The number of halogens is 3. The van der Waals surface area contributed by atoms with Crippen molar-refractivity contribution in [2.45, 2.75) is 32.4 Å². The third-order valence-corrected chi connectivity index (χ3v) is 5.72. The molecule has 2 N–H and O–H groups in total. The first-order valence-electron chi connectivity index (χ1n) is 10.2. The first kappa shape index (κ1) is 23.5. The Hall–Kier alpha value is -3.13. The highest BCUT2D eigenvalue weighted by Crippen LogP contribution is 2.33. The summed E-state index contributed by atoms with van der Waals surface area (Å²) >= 11 is 1.53. The summed E-state index contributed by atoms with van der Waals surface area (Å²) in [5, 5.41) is 6.87. The Morgan fingerprint density at radius 1 is 1.22 bits per heavy atom. The normalized spacial score (nSPS) is 12.4. The minimum Gasteiger partial charge on any atom is -0.361 e. The van der Waals surface area contributed by atoms with Gasteiger partial charge in [-0.15, -0.1) is 6.58 Å². The molecule has 168 valence electrons. The Labute approximate surface area is 189 Å². The van der Waals surface area contributed by atoms with Crippen molar-refractivity contribution in [3.8, 4) is 10.4 Å². The van der Waals surface area contributed by atoms with Crippen molar-refractivity contribution >= 4 is 28.1 Å². The highest BCUT2D eigenvalue weighted by Gasteiger charge is 2.29. The van der Waals surface area contributed by atoms with E-state index < -0.39 is 11.7 Å². The van der Waals surface area contributed by atoms with Crippen LogP contribution in [0.2, 0.25) is 0 Å². The molecule has 1 aliphatic rings. The zero-order valence-electron chi connectivity index (χ0n) is 17.6. The Morgan fingerprint density at radius 3 is 2.62 bits per heavy atom. The van der Waals surface area contributed by atoms with Gasteiger partial charge in [0, 0.05) is 18.4 Å². The maximum atomic E-state index is 12.6. The second-order valence-electron chi connectivity index (χ2n) is 7.26. The van der Waals surface area contributed by atoms with E-state index in [9.17, 15) is 18.0 Å². The van der Waals surface area contributed by atoms with Crippen LogP contribution >= 0.6 is 11.3 Å². The Morgan fingerprint density at radius 2 is 1.94 bits per heavy atom. The number of hydrogen-bond donors (Lipinski definition) is 2. The molecule has 8 heteroatoms. The van der Waals surface area contributed by atoms with Gasteiger partial charge in [0.2, 0.25) is 5.91 Å². The second kappa shape index (κ2) is 10.5. The lowest BCUT2D eigenvalue weighted by Gasteiger charge is -2.08. The minimum absolute atomic E-state index is 0.0110. The molecule has 4 nitrogen and oxygen atoms in total. The van der Waals surface area contributed by atoms with Gasteiger partial charge in [0.05, 0.1) is 16.9 Å². The maximum absolute atomic E-state index is 12.6. The van der Waals surface area contributed by atoms with Crippen LogP contribution in [0.5, 0.6) is 0 Å². The maximum Gasteiger partial charge on any atom is 0.416 e. The van der Waals surface area contributed by atoms with E-state index in [4.69, 9.17) is 0 Å². The van der Waals surface area contributed by atoms with E-state index in [0.717, 1.165) is 50.9 Å². The van der Waals surface area contributed by atoms with Crippen LogP contribution in [0.3, 0.4) is 0 Å². The predicted molar refractivity (Wildman–Crippen MR) is 124 cm³/mol. The number of rotatable bonds is 6. The van der Waals surface area contributed by atoms with E-state index in [1.807, 2.05) is 25.1 Å². The van der Waals surface area contributed by atoms with Gasteiger partial charge in [-0.05, 0) is 60.7 Å². The number of anilines is 2. The van der Waals surface area contributed by atoms with Crippen molar-refractivity contribution < 1.29 is 18.0 Å². The van der Waals surface area contributed by atoms with Crippen molar-refractivity contribution in [3.05, 3.63) is 78.0 Å². The van der Waals surface area contributed by atoms with Gasteiger partial charge in [-0.25, -0.2) is 4.98 Å². The molecule has 0 atom stereocenters. The number of aromatic nitrogens is 1. The van der Waals surface area contributed by atoms with Crippen molar-refractivity contribution in [3.63, 3.8) is 0 Å². The average Bonchev–Trinajstić information content (AvgIpc) is 3.36. The summed E-state index contributed by atoms with van der Waals surface area (Å²) in [6.45, 7) is 5.93. The molecule has 2 heterocycles. The molecule has 1 amide bonds. The second-order valence-corrected chi connectivity index (χ2v) is 8.29. The van der Waals surface area contributed by atoms with Crippen LogP contribution in [0.4, 0.5) is 24.0 Å². The number of alkyl halides is 3. The molecule has 1 aromatic heterocycles. The van der Waals surface area contributed by atoms with Crippen LogP contribution in [0.15, 0.2) is 61.3 Å². The molecule has 3 aromatic rings. The molecule has 32 heavy (non-hydrogen) atoms. The lowest BCUT2D eigenvalue weighted by molar-refractivity contribution is -0.137. The monoisotopic (exact) mass is 459 g/mol. The fourth-order valence-corrected chi connectivity index (χ4v) is 4.06. The summed E-state index contributed by atoms with van der Waals surface area (Å²) in [4.78, 5) is 16.9. The number of allylic oxidation sites excluding steroid dienone is 1. The molecule has 0 unspecified atom stereocenters. The van der Waals surface area contributed by atoms with Crippen molar-refractivity contribution in [2.24, 2.45) is 0 Å². The summed E-state index contributed by atoms with van der Waals surface area (Å²) in [6.07, 6.45) is 1.13. The average molecular weight is 460 g/mol. The summed E-state index contributed by atoms with van der Waals surface area (Å²) in [6, 6.07) is 11.2. The number of benzene rings is 2. The van der Waals surface area contributed by atoms with E-state index in [0.29, 0.717) is 19.4 Å². The Bertz CT molecular complexity index is 1070. The molecule has 0 bridgehead atoms. The topological polar surface area (TPSA) is 54.0 Å². The van der Waals surface area contributed by atoms with Crippen LogP contribution in [0.25, 0.3) is 10.4 Å². The lowest BCUT2D eigenvalue weighted by Crippen LogP contribution is -2.05. The Balaban J connectivity index is 0.000000913. The molecule has 0 saturated carbocycles. The standard InChI is InChI=1S/C21H18F3N3OS.C3H6/c22-21(23,24)16-6-3-13(4-7-16)2-1-9-25-20-26-12-18(29-20)14-5-8-17-15(10-14)11-19(28)27-17;1-3-2/h3-8,10,12H,1-2,9,11H2,(H,25,26)(H,27,28);3H,1H2,2H3. The molecular weight excluding hydrogens is 435 g/mol.